The number of rotatable bonds is 4. The summed E-state index contributed by atoms with van der Waals surface area (Å²) in [5.74, 6) is -0.172. The lowest BCUT2D eigenvalue weighted by Gasteiger charge is -2.37. The van der Waals surface area contributed by atoms with Gasteiger partial charge in [0.25, 0.3) is 10.0 Å². The molecule has 0 amide bonds. The number of hydrogen-bond donors (Lipinski definition) is 2. The fourth-order valence-electron chi connectivity index (χ4n) is 4.55. The summed E-state index contributed by atoms with van der Waals surface area (Å²) in [6.45, 7) is 0. The zero-order valence-corrected chi connectivity index (χ0v) is 19.1. The van der Waals surface area contributed by atoms with Gasteiger partial charge >= 0.3 is 0 Å². The highest BCUT2D eigenvalue weighted by Gasteiger charge is 2.39. The molecule has 0 fully saturated rings. The molecule has 164 valence electrons. The first-order valence-electron chi connectivity index (χ1n) is 10.1. The smallest absolute Gasteiger partial charge is 0.261 e. The highest BCUT2D eigenvalue weighted by Crippen LogP contribution is 2.50. The van der Waals surface area contributed by atoms with Crippen LogP contribution in [-0.4, -0.2) is 8.42 Å². The second kappa shape index (κ2) is 8.10. The summed E-state index contributed by atoms with van der Waals surface area (Å²) in [7, 11) is -3.89. The molecule has 1 aliphatic carbocycles. The monoisotopic (exact) mass is 488 g/mol. The maximum absolute atomic E-state index is 14.5. The standard InChI is InChI=1S/C24H19Cl2FN2O2S/c25-14-8-10-20(26)23(12-14)29-32(30,31)15-9-11-22-19(13-15)16-5-3-6-17(16)24(28-22)18-4-1-2-7-21(18)27/h1-5,7-13,16-17,24,28-29H,6H2/t16-,17+,24-/m0/s1. The summed E-state index contributed by atoms with van der Waals surface area (Å²) in [5, 5.41) is 4.07. The van der Waals surface area contributed by atoms with E-state index in [2.05, 4.69) is 22.2 Å². The number of benzene rings is 3. The van der Waals surface area contributed by atoms with Gasteiger partial charge in [-0.05, 0) is 60.4 Å². The maximum atomic E-state index is 14.5. The van der Waals surface area contributed by atoms with Gasteiger partial charge in [-0.15, -0.1) is 0 Å². The third kappa shape index (κ3) is 3.76. The minimum absolute atomic E-state index is 0.0132. The minimum Gasteiger partial charge on any atom is -0.378 e. The van der Waals surface area contributed by atoms with Crippen molar-refractivity contribution >= 4 is 44.6 Å². The molecular formula is C24H19Cl2FN2O2S. The van der Waals surface area contributed by atoms with Crippen molar-refractivity contribution in [2.24, 2.45) is 5.92 Å². The van der Waals surface area contributed by atoms with Crippen LogP contribution in [0.15, 0.2) is 77.7 Å². The summed E-state index contributed by atoms with van der Waals surface area (Å²) < 4.78 is 43.2. The zero-order valence-electron chi connectivity index (χ0n) is 16.7. The van der Waals surface area contributed by atoms with Gasteiger partial charge in [-0.25, -0.2) is 12.8 Å². The number of nitrogens with one attached hydrogen (secondary N) is 2. The van der Waals surface area contributed by atoms with E-state index >= 15 is 0 Å². The molecule has 0 aromatic heterocycles. The largest absolute Gasteiger partial charge is 0.378 e. The Morgan fingerprint density at radius 3 is 2.62 bits per heavy atom. The van der Waals surface area contributed by atoms with Crippen LogP contribution in [0.1, 0.15) is 29.5 Å². The Kier molecular flexibility index (Phi) is 5.40. The summed E-state index contributed by atoms with van der Waals surface area (Å²) in [6, 6.07) is 16.1. The predicted molar refractivity (Wildman–Crippen MR) is 126 cm³/mol. The average molecular weight is 489 g/mol. The molecule has 3 aromatic carbocycles. The molecule has 8 heteroatoms. The Morgan fingerprint density at radius 1 is 1.00 bits per heavy atom. The van der Waals surface area contributed by atoms with Crippen molar-refractivity contribution < 1.29 is 12.8 Å². The third-order valence-electron chi connectivity index (χ3n) is 6.06. The molecule has 2 N–H and O–H groups in total. The van der Waals surface area contributed by atoms with Gasteiger partial charge in [-0.3, -0.25) is 4.72 Å². The van der Waals surface area contributed by atoms with E-state index in [-0.39, 0.29) is 39.3 Å². The highest BCUT2D eigenvalue weighted by molar-refractivity contribution is 7.92. The van der Waals surface area contributed by atoms with Crippen LogP contribution < -0.4 is 10.0 Å². The van der Waals surface area contributed by atoms with Crippen molar-refractivity contribution in [2.75, 3.05) is 10.0 Å². The minimum atomic E-state index is -3.89. The number of anilines is 2. The Balaban J connectivity index is 1.51. The van der Waals surface area contributed by atoms with Gasteiger partial charge in [0, 0.05) is 22.2 Å². The molecule has 0 radical (unpaired) electrons. The summed E-state index contributed by atoms with van der Waals surface area (Å²) >= 11 is 12.1. The third-order valence-corrected chi connectivity index (χ3v) is 7.99. The van der Waals surface area contributed by atoms with Gasteiger partial charge in [0.15, 0.2) is 0 Å². The van der Waals surface area contributed by atoms with Gasteiger partial charge in [-0.2, -0.15) is 0 Å². The lowest BCUT2D eigenvalue weighted by atomic mass is 9.77. The van der Waals surface area contributed by atoms with Crippen LogP contribution in [0.25, 0.3) is 0 Å². The van der Waals surface area contributed by atoms with E-state index in [0.29, 0.717) is 10.6 Å². The van der Waals surface area contributed by atoms with Gasteiger partial charge in [-0.1, -0.05) is 53.6 Å². The Morgan fingerprint density at radius 2 is 1.81 bits per heavy atom. The number of hydrogen-bond acceptors (Lipinski definition) is 3. The Hall–Kier alpha value is -2.54. The lowest BCUT2D eigenvalue weighted by Crippen LogP contribution is -2.30. The zero-order chi connectivity index (χ0) is 22.5. The van der Waals surface area contributed by atoms with Crippen molar-refractivity contribution in [3.8, 4) is 0 Å². The van der Waals surface area contributed by atoms with Crippen LogP contribution in [0.3, 0.4) is 0 Å². The van der Waals surface area contributed by atoms with Gasteiger partial charge in [0.1, 0.15) is 5.82 Å². The SMILES string of the molecule is O=S(=O)(Nc1cc(Cl)ccc1Cl)c1ccc2c(c1)[C@H]1C=CC[C@H]1[C@@H](c1ccccc1F)N2. The van der Waals surface area contributed by atoms with Crippen LogP contribution in [0, 0.1) is 11.7 Å². The van der Waals surface area contributed by atoms with Gasteiger partial charge in [0.05, 0.1) is 21.6 Å². The molecule has 32 heavy (non-hydrogen) atoms. The van der Waals surface area contributed by atoms with Crippen LogP contribution in [-0.2, 0) is 10.0 Å². The van der Waals surface area contributed by atoms with Crippen molar-refractivity contribution in [3.05, 3.63) is 99.8 Å². The molecule has 0 saturated carbocycles. The van der Waals surface area contributed by atoms with E-state index in [1.807, 2.05) is 6.07 Å². The normalized spacial score (nSPS) is 21.5. The van der Waals surface area contributed by atoms with E-state index in [1.54, 1.807) is 30.3 Å². The van der Waals surface area contributed by atoms with Crippen LogP contribution >= 0.6 is 23.2 Å². The maximum Gasteiger partial charge on any atom is 0.261 e. The van der Waals surface area contributed by atoms with Crippen LogP contribution in [0.5, 0.6) is 0 Å². The summed E-state index contributed by atoms with van der Waals surface area (Å²) in [5.41, 5.74) is 2.50. The van der Waals surface area contributed by atoms with Crippen molar-refractivity contribution in [1.29, 1.82) is 0 Å². The van der Waals surface area contributed by atoms with Crippen molar-refractivity contribution in [1.82, 2.24) is 0 Å². The quantitative estimate of drug-likeness (QED) is 0.398. The lowest BCUT2D eigenvalue weighted by molar-refractivity contribution is 0.413. The van der Waals surface area contributed by atoms with Crippen LogP contribution in [0.4, 0.5) is 15.8 Å². The Labute approximate surface area is 196 Å². The van der Waals surface area contributed by atoms with Gasteiger partial charge < -0.3 is 5.32 Å². The number of halogens is 3. The first kappa shape index (κ1) is 21.3. The second-order valence-electron chi connectivity index (χ2n) is 7.98. The van der Waals surface area contributed by atoms with Crippen molar-refractivity contribution in [3.63, 3.8) is 0 Å². The molecule has 1 heterocycles. The number of fused-ring (bicyclic) bond motifs is 3. The topological polar surface area (TPSA) is 58.2 Å². The first-order chi connectivity index (χ1) is 15.3. The molecule has 0 saturated heterocycles. The Bertz CT molecular complexity index is 1340. The molecule has 3 atom stereocenters. The number of sulfonamides is 1. The fraction of sp³-hybridized carbons (Fsp3) is 0.167. The van der Waals surface area contributed by atoms with Gasteiger partial charge in [0.2, 0.25) is 0 Å². The van der Waals surface area contributed by atoms with E-state index < -0.39 is 10.0 Å². The molecule has 3 aromatic rings. The van der Waals surface area contributed by atoms with E-state index in [1.165, 1.54) is 24.3 Å². The molecule has 1 aliphatic heterocycles. The highest BCUT2D eigenvalue weighted by atomic mass is 35.5. The molecule has 0 bridgehead atoms. The summed E-state index contributed by atoms with van der Waals surface area (Å²) in [4.78, 5) is 0.123. The first-order valence-corrected chi connectivity index (χ1v) is 12.4. The average Bonchev–Trinajstić information content (AvgIpc) is 3.26. The fourth-order valence-corrected chi connectivity index (χ4v) is 6.05. The summed E-state index contributed by atoms with van der Waals surface area (Å²) in [6.07, 6.45) is 4.93. The van der Waals surface area contributed by atoms with Crippen LogP contribution in [0.2, 0.25) is 10.0 Å². The van der Waals surface area contributed by atoms with E-state index in [0.717, 1.165) is 17.7 Å². The van der Waals surface area contributed by atoms with E-state index in [4.69, 9.17) is 23.2 Å². The molecule has 2 aliphatic rings. The molecular weight excluding hydrogens is 470 g/mol. The molecule has 0 spiro atoms. The molecule has 4 nitrogen and oxygen atoms in total. The predicted octanol–water partition coefficient (Wildman–Crippen LogP) is 6.76. The molecule has 5 rings (SSSR count). The second-order valence-corrected chi connectivity index (χ2v) is 10.5. The molecule has 0 unspecified atom stereocenters. The number of allylic oxidation sites excluding steroid dienone is 2. The van der Waals surface area contributed by atoms with E-state index in [9.17, 15) is 12.8 Å². The van der Waals surface area contributed by atoms with Crippen molar-refractivity contribution in [2.45, 2.75) is 23.3 Å².